The Morgan fingerprint density at radius 1 is 0.889 bits per heavy atom. The number of rotatable bonds is 8. The number of sulfonamides is 1. The van der Waals surface area contributed by atoms with E-state index in [4.69, 9.17) is 0 Å². The Morgan fingerprint density at radius 3 is 2.06 bits per heavy atom. The van der Waals surface area contributed by atoms with Crippen LogP contribution in [0.3, 0.4) is 0 Å². The summed E-state index contributed by atoms with van der Waals surface area (Å²) in [6.07, 6.45) is 1.72. The molecule has 1 aliphatic rings. The van der Waals surface area contributed by atoms with Gasteiger partial charge in [-0.25, -0.2) is 8.42 Å². The molecule has 0 unspecified atom stereocenters. The maximum atomic E-state index is 12.9. The third-order valence-corrected chi connectivity index (χ3v) is 8.10. The van der Waals surface area contributed by atoms with Crippen molar-refractivity contribution in [1.29, 1.82) is 0 Å². The van der Waals surface area contributed by atoms with Gasteiger partial charge >= 0.3 is 0 Å². The molecule has 0 amide bonds. The van der Waals surface area contributed by atoms with Crippen LogP contribution in [0.25, 0.3) is 0 Å². The van der Waals surface area contributed by atoms with E-state index in [0.29, 0.717) is 5.69 Å². The average molecular weight is 542 g/mol. The predicted molar refractivity (Wildman–Crippen MR) is 157 cm³/mol. The SMILES string of the molecule is CN(C)c1ccc(N=Cc2ccc(S(=O)(=O)Nc3ccc(N4CCN(C(S)S)CC4)cc3)cc2)cc1. The molecule has 190 valence electrons. The smallest absolute Gasteiger partial charge is 0.261 e. The number of benzene rings is 3. The number of thiol groups is 2. The minimum atomic E-state index is -3.70. The van der Waals surface area contributed by atoms with Gasteiger partial charge in [-0.1, -0.05) is 12.1 Å². The van der Waals surface area contributed by atoms with Gasteiger partial charge in [0.25, 0.3) is 10.0 Å². The molecule has 3 aromatic carbocycles. The quantitative estimate of drug-likeness (QED) is 0.222. The first-order valence-corrected chi connectivity index (χ1v) is 14.1. The Labute approximate surface area is 224 Å². The highest BCUT2D eigenvalue weighted by Gasteiger charge is 2.20. The zero-order valence-corrected chi connectivity index (χ0v) is 22.9. The summed E-state index contributed by atoms with van der Waals surface area (Å²) in [7, 11) is 0.278. The predicted octanol–water partition coefficient (Wildman–Crippen LogP) is 4.57. The second-order valence-corrected chi connectivity index (χ2v) is 11.8. The van der Waals surface area contributed by atoms with Crippen molar-refractivity contribution in [3.63, 3.8) is 0 Å². The molecule has 1 saturated heterocycles. The van der Waals surface area contributed by atoms with Gasteiger partial charge in [0.2, 0.25) is 0 Å². The molecule has 0 saturated carbocycles. The van der Waals surface area contributed by atoms with Crippen LogP contribution in [0.4, 0.5) is 22.7 Å². The second-order valence-electron chi connectivity index (χ2n) is 8.76. The molecule has 10 heteroatoms. The Kier molecular flexibility index (Phi) is 8.50. The molecule has 0 spiro atoms. The first-order chi connectivity index (χ1) is 17.2. The van der Waals surface area contributed by atoms with Gasteiger partial charge in [-0.05, 0) is 66.2 Å². The van der Waals surface area contributed by atoms with Crippen molar-refractivity contribution in [1.82, 2.24) is 4.90 Å². The third kappa shape index (κ3) is 6.76. The summed E-state index contributed by atoms with van der Waals surface area (Å²) < 4.78 is 28.4. The summed E-state index contributed by atoms with van der Waals surface area (Å²) in [6.45, 7) is 3.52. The van der Waals surface area contributed by atoms with E-state index in [1.807, 2.05) is 55.4 Å². The van der Waals surface area contributed by atoms with Gasteiger partial charge in [-0.3, -0.25) is 14.6 Å². The molecule has 1 aliphatic heterocycles. The van der Waals surface area contributed by atoms with Crippen LogP contribution in [-0.4, -0.2) is 64.5 Å². The molecule has 1 heterocycles. The Morgan fingerprint density at radius 2 is 1.50 bits per heavy atom. The van der Waals surface area contributed by atoms with E-state index in [9.17, 15) is 8.42 Å². The summed E-state index contributed by atoms with van der Waals surface area (Å²) in [5, 5.41) is 0. The number of nitrogens with one attached hydrogen (secondary N) is 1. The molecule has 36 heavy (non-hydrogen) atoms. The molecule has 0 aromatic heterocycles. The number of nitrogens with zero attached hydrogens (tertiary/aromatic N) is 4. The maximum absolute atomic E-state index is 12.9. The largest absolute Gasteiger partial charge is 0.378 e. The fourth-order valence-electron chi connectivity index (χ4n) is 3.88. The van der Waals surface area contributed by atoms with Crippen LogP contribution in [0, 0.1) is 0 Å². The van der Waals surface area contributed by atoms with Gasteiger partial charge < -0.3 is 9.80 Å². The van der Waals surface area contributed by atoms with Crippen molar-refractivity contribution in [3.05, 3.63) is 78.4 Å². The summed E-state index contributed by atoms with van der Waals surface area (Å²) in [5.74, 6) is 0. The van der Waals surface area contributed by atoms with Crippen molar-refractivity contribution >= 4 is 64.2 Å². The van der Waals surface area contributed by atoms with Gasteiger partial charge in [-0.2, -0.15) is 0 Å². The van der Waals surface area contributed by atoms with E-state index in [2.05, 4.69) is 44.8 Å². The van der Waals surface area contributed by atoms with Crippen molar-refractivity contribution in [3.8, 4) is 0 Å². The van der Waals surface area contributed by atoms with Crippen LogP contribution < -0.4 is 14.5 Å². The van der Waals surface area contributed by atoms with Gasteiger partial charge in [0.1, 0.15) is 0 Å². The van der Waals surface area contributed by atoms with Crippen molar-refractivity contribution in [2.75, 3.05) is 54.8 Å². The average Bonchev–Trinajstić information content (AvgIpc) is 2.88. The fourth-order valence-corrected chi connectivity index (χ4v) is 5.40. The number of aliphatic imine (C=N–C) groups is 1. The zero-order chi connectivity index (χ0) is 25.7. The van der Waals surface area contributed by atoms with Gasteiger partial charge in [0.05, 0.1) is 15.3 Å². The topological polar surface area (TPSA) is 68.2 Å². The fraction of sp³-hybridized carbons (Fsp3) is 0.269. The lowest BCUT2D eigenvalue weighted by molar-refractivity contribution is 0.287. The molecule has 0 aliphatic carbocycles. The number of anilines is 3. The Balaban J connectivity index is 1.36. The van der Waals surface area contributed by atoms with Crippen LogP contribution in [0.5, 0.6) is 0 Å². The summed E-state index contributed by atoms with van der Waals surface area (Å²) in [6, 6.07) is 22.0. The number of piperazine rings is 1. The lowest BCUT2D eigenvalue weighted by Gasteiger charge is -2.37. The van der Waals surface area contributed by atoms with Crippen LogP contribution in [0.1, 0.15) is 5.56 Å². The van der Waals surface area contributed by atoms with Crippen LogP contribution in [0.2, 0.25) is 0 Å². The highest BCUT2D eigenvalue weighted by atomic mass is 32.2. The Bertz CT molecular complexity index is 1270. The molecule has 1 fully saturated rings. The monoisotopic (exact) mass is 541 g/mol. The Hall–Kier alpha value is -2.66. The maximum Gasteiger partial charge on any atom is 0.261 e. The molecule has 3 aromatic rings. The van der Waals surface area contributed by atoms with Crippen LogP contribution in [0.15, 0.2) is 82.7 Å². The molecular weight excluding hydrogens is 511 g/mol. The molecule has 0 atom stereocenters. The van der Waals surface area contributed by atoms with Gasteiger partial charge in [0, 0.05) is 63.6 Å². The summed E-state index contributed by atoms with van der Waals surface area (Å²) in [5.41, 5.74) is 4.33. The highest BCUT2D eigenvalue weighted by Crippen LogP contribution is 2.23. The molecular formula is C26H31N5O2S3. The normalized spacial score (nSPS) is 15.0. The van der Waals surface area contributed by atoms with Gasteiger partial charge in [0.15, 0.2) is 0 Å². The number of hydrogen-bond donors (Lipinski definition) is 3. The molecule has 0 radical (unpaired) electrons. The van der Waals surface area contributed by atoms with E-state index in [1.54, 1.807) is 42.6 Å². The van der Waals surface area contributed by atoms with Crippen LogP contribution >= 0.6 is 25.3 Å². The molecule has 0 bridgehead atoms. The number of hydrogen-bond acceptors (Lipinski definition) is 8. The summed E-state index contributed by atoms with van der Waals surface area (Å²) >= 11 is 8.76. The van der Waals surface area contributed by atoms with Gasteiger partial charge in [-0.15, -0.1) is 25.3 Å². The van der Waals surface area contributed by atoms with E-state index in [1.165, 1.54) is 0 Å². The van der Waals surface area contributed by atoms with Crippen LogP contribution in [-0.2, 0) is 10.0 Å². The lowest BCUT2D eigenvalue weighted by atomic mass is 10.2. The van der Waals surface area contributed by atoms with E-state index in [0.717, 1.165) is 48.8 Å². The van der Waals surface area contributed by atoms with E-state index in [-0.39, 0.29) is 9.60 Å². The minimum Gasteiger partial charge on any atom is -0.378 e. The van der Waals surface area contributed by atoms with Crippen molar-refractivity contribution in [2.24, 2.45) is 4.99 Å². The lowest BCUT2D eigenvalue weighted by Crippen LogP contribution is -2.47. The van der Waals surface area contributed by atoms with E-state index >= 15 is 0 Å². The van der Waals surface area contributed by atoms with Crippen molar-refractivity contribution in [2.45, 2.75) is 9.60 Å². The third-order valence-electron chi connectivity index (χ3n) is 6.04. The molecule has 7 nitrogen and oxygen atoms in total. The highest BCUT2D eigenvalue weighted by molar-refractivity contribution is 7.99. The zero-order valence-electron chi connectivity index (χ0n) is 20.3. The first-order valence-electron chi connectivity index (χ1n) is 11.6. The minimum absolute atomic E-state index is 0.0502. The standard InChI is InChI=1S/C26H31N5O2S3/c1-29(2)23-9-5-21(6-10-23)27-19-20-3-13-25(14-4-20)36(32,33)28-22-7-11-24(12-8-22)30-15-17-31(18-16-30)26(34)35/h3-14,19,26,28,34-35H,15-18H2,1-2H3. The summed E-state index contributed by atoms with van der Waals surface area (Å²) in [4.78, 5) is 11.2. The molecule has 4 rings (SSSR count). The van der Waals surface area contributed by atoms with Crippen molar-refractivity contribution < 1.29 is 8.42 Å². The van der Waals surface area contributed by atoms with E-state index < -0.39 is 10.0 Å². The first kappa shape index (κ1) is 26.4. The second kappa shape index (κ2) is 11.6. The molecule has 1 N–H and O–H groups in total.